The highest BCUT2D eigenvalue weighted by molar-refractivity contribution is 7.16. The van der Waals surface area contributed by atoms with Crippen LogP contribution in [0.2, 0.25) is 0 Å². The van der Waals surface area contributed by atoms with E-state index in [2.05, 4.69) is 11.4 Å². The first-order valence-corrected chi connectivity index (χ1v) is 9.85. The van der Waals surface area contributed by atoms with Crippen molar-refractivity contribution in [2.24, 2.45) is 11.3 Å². The third kappa shape index (κ3) is 3.43. The highest BCUT2D eigenvalue weighted by atomic mass is 32.1. The van der Waals surface area contributed by atoms with Crippen molar-refractivity contribution in [1.82, 2.24) is 0 Å². The molecule has 0 radical (unpaired) electrons. The van der Waals surface area contributed by atoms with Gasteiger partial charge in [0.05, 0.1) is 17.4 Å². The summed E-state index contributed by atoms with van der Waals surface area (Å²) < 4.78 is 0. The van der Waals surface area contributed by atoms with E-state index in [1.807, 2.05) is 0 Å². The molecule has 2 N–H and O–H groups in total. The van der Waals surface area contributed by atoms with Gasteiger partial charge in [0.2, 0.25) is 5.91 Å². The second kappa shape index (κ2) is 7.17. The van der Waals surface area contributed by atoms with E-state index >= 15 is 0 Å². The van der Waals surface area contributed by atoms with Crippen LogP contribution in [0.4, 0.5) is 5.00 Å². The van der Waals surface area contributed by atoms with E-state index in [0.717, 1.165) is 56.9 Å². The zero-order chi connectivity index (χ0) is 18.0. The summed E-state index contributed by atoms with van der Waals surface area (Å²) >= 11 is 1.48. The molecule has 0 bridgehead atoms. The summed E-state index contributed by atoms with van der Waals surface area (Å²) in [6.07, 6.45) is 7.76. The van der Waals surface area contributed by atoms with Crippen molar-refractivity contribution in [2.75, 3.05) is 5.32 Å². The normalized spacial score (nSPS) is 19.7. The molecule has 5 nitrogen and oxygen atoms in total. The number of amides is 1. The van der Waals surface area contributed by atoms with Crippen LogP contribution < -0.4 is 5.32 Å². The Hall–Kier alpha value is -1.87. The van der Waals surface area contributed by atoms with E-state index in [1.54, 1.807) is 6.92 Å². The topological polar surface area (TPSA) is 90.2 Å². The van der Waals surface area contributed by atoms with E-state index in [9.17, 15) is 20.0 Å². The Morgan fingerprint density at radius 1 is 1.28 bits per heavy atom. The predicted octanol–water partition coefficient (Wildman–Crippen LogP) is 4.11. The summed E-state index contributed by atoms with van der Waals surface area (Å²) in [7, 11) is 0. The maximum absolute atomic E-state index is 13.1. The number of nitrogens with zero attached hydrogens (tertiary/aromatic N) is 1. The van der Waals surface area contributed by atoms with E-state index in [-0.39, 0.29) is 18.2 Å². The van der Waals surface area contributed by atoms with Crippen molar-refractivity contribution in [3.63, 3.8) is 0 Å². The van der Waals surface area contributed by atoms with Crippen molar-refractivity contribution in [3.8, 4) is 6.07 Å². The summed E-state index contributed by atoms with van der Waals surface area (Å²) in [5, 5.41) is 22.4. The monoisotopic (exact) mass is 360 g/mol. The fourth-order valence-electron chi connectivity index (χ4n) is 4.32. The average Bonchev–Trinajstić information content (AvgIpc) is 3.15. The van der Waals surface area contributed by atoms with Crippen LogP contribution >= 0.6 is 11.3 Å². The number of carboxylic acids is 1. The smallest absolute Gasteiger partial charge is 0.304 e. The lowest BCUT2D eigenvalue weighted by atomic mass is 9.67. The van der Waals surface area contributed by atoms with Crippen molar-refractivity contribution >= 4 is 28.2 Å². The van der Waals surface area contributed by atoms with Crippen molar-refractivity contribution in [1.29, 1.82) is 5.26 Å². The second-order valence-corrected chi connectivity index (χ2v) is 8.56. The Bertz CT molecular complexity index is 728. The molecule has 3 rings (SSSR count). The van der Waals surface area contributed by atoms with Gasteiger partial charge in [0.15, 0.2) is 0 Å². The standard InChI is InChI=1S/C19H24N2O3S/c1-19(10-16(22)23,12-6-3-2-4-7-12)18(24)21-17-14(11-20)13-8-5-9-15(13)25-17/h12H,2-10H2,1H3,(H,21,24)(H,22,23)/t19-/m0/s1. The fraction of sp³-hybridized carbons (Fsp3) is 0.632. The van der Waals surface area contributed by atoms with Gasteiger partial charge in [-0.25, -0.2) is 0 Å². The molecule has 0 aliphatic heterocycles. The summed E-state index contributed by atoms with van der Waals surface area (Å²) in [4.78, 5) is 25.7. The largest absolute Gasteiger partial charge is 0.481 e. The van der Waals surface area contributed by atoms with Crippen molar-refractivity contribution < 1.29 is 14.7 Å². The number of carboxylic acid groups (broad SMARTS) is 1. The molecule has 134 valence electrons. The van der Waals surface area contributed by atoms with Crippen molar-refractivity contribution in [3.05, 3.63) is 16.0 Å². The van der Waals surface area contributed by atoms with Crippen LogP contribution in [0.5, 0.6) is 0 Å². The van der Waals surface area contributed by atoms with Gasteiger partial charge in [0, 0.05) is 4.88 Å². The van der Waals surface area contributed by atoms with Gasteiger partial charge < -0.3 is 10.4 Å². The van der Waals surface area contributed by atoms with Gasteiger partial charge in [-0.2, -0.15) is 5.26 Å². The molecule has 1 fully saturated rings. The predicted molar refractivity (Wildman–Crippen MR) is 96.6 cm³/mol. The summed E-state index contributed by atoms with van der Waals surface area (Å²) in [6.45, 7) is 1.78. The number of fused-ring (bicyclic) bond motifs is 1. The maximum atomic E-state index is 13.1. The highest BCUT2D eigenvalue weighted by Gasteiger charge is 2.43. The van der Waals surface area contributed by atoms with Crippen molar-refractivity contribution in [2.45, 2.75) is 64.7 Å². The summed E-state index contributed by atoms with van der Waals surface area (Å²) in [5.41, 5.74) is 0.709. The minimum absolute atomic E-state index is 0.0784. The Balaban J connectivity index is 1.86. The van der Waals surface area contributed by atoms with E-state index in [1.165, 1.54) is 16.2 Å². The van der Waals surface area contributed by atoms with Gasteiger partial charge >= 0.3 is 5.97 Å². The number of nitriles is 1. The molecule has 0 aromatic carbocycles. The SMILES string of the molecule is C[C@@](CC(=O)O)(C(=O)Nc1sc2c(c1C#N)CCC2)C1CCCCC1. The first-order valence-electron chi connectivity index (χ1n) is 9.03. The number of rotatable bonds is 5. The second-order valence-electron chi connectivity index (χ2n) is 7.45. The third-order valence-corrected chi connectivity index (χ3v) is 7.01. The fourth-order valence-corrected chi connectivity index (χ4v) is 5.56. The number of aliphatic carboxylic acids is 1. The number of carbonyl (C=O) groups excluding carboxylic acids is 1. The Morgan fingerprint density at radius 2 is 2.00 bits per heavy atom. The molecule has 1 aromatic rings. The number of hydrogen-bond acceptors (Lipinski definition) is 4. The molecule has 0 saturated heterocycles. The zero-order valence-corrected chi connectivity index (χ0v) is 15.4. The first kappa shape index (κ1) is 17.9. The van der Waals surface area contributed by atoms with E-state index in [0.29, 0.717) is 10.6 Å². The number of nitrogens with one attached hydrogen (secondary N) is 1. The molecule has 0 unspecified atom stereocenters. The van der Waals surface area contributed by atoms with Gasteiger partial charge in [0.25, 0.3) is 0 Å². The molecule has 1 heterocycles. The molecule has 1 aromatic heterocycles. The number of thiophene rings is 1. The van der Waals surface area contributed by atoms with Crippen LogP contribution in [-0.2, 0) is 22.4 Å². The van der Waals surface area contributed by atoms with Crippen LogP contribution in [0.25, 0.3) is 0 Å². The molecule has 0 spiro atoms. The summed E-state index contributed by atoms with van der Waals surface area (Å²) in [5.74, 6) is -1.12. The Labute approximate surface area is 152 Å². The maximum Gasteiger partial charge on any atom is 0.304 e. The molecule has 1 amide bonds. The summed E-state index contributed by atoms with van der Waals surface area (Å²) in [6, 6.07) is 2.23. The van der Waals surface area contributed by atoms with Crippen LogP contribution in [0.15, 0.2) is 0 Å². The molecule has 6 heteroatoms. The average molecular weight is 360 g/mol. The van der Waals surface area contributed by atoms with Gasteiger partial charge in [0.1, 0.15) is 11.1 Å². The third-order valence-electron chi connectivity index (χ3n) is 5.80. The molecular weight excluding hydrogens is 336 g/mol. The molecule has 1 atom stereocenters. The molecule has 2 aliphatic rings. The zero-order valence-electron chi connectivity index (χ0n) is 14.6. The Morgan fingerprint density at radius 3 is 2.64 bits per heavy atom. The van der Waals surface area contributed by atoms with Gasteiger partial charge in [-0.05, 0) is 50.5 Å². The van der Waals surface area contributed by atoms with Crippen LogP contribution in [0.3, 0.4) is 0 Å². The lowest BCUT2D eigenvalue weighted by Crippen LogP contribution is -2.42. The number of carbonyl (C=O) groups is 2. The van der Waals surface area contributed by atoms with Gasteiger partial charge in [-0.1, -0.05) is 19.3 Å². The highest BCUT2D eigenvalue weighted by Crippen LogP contribution is 2.44. The molecule has 25 heavy (non-hydrogen) atoms. The minimum Gasteiger partial charge on any atom is -0.481 e. The van der Waals surface area contributed by atoms with Crippen LogP contribution in [0.1, 0.15) is 67.9 Å². The molecule has 1 saturated carbocycles. The lowest BCUT2D eigenvalue weighted by molar-refractivity contribution is -0.145. The van der Waals surface area contributed by atoms with E-state index < -0.39 is 11.4 Å². The van der Waals surface area contributed by atoms with Crippen LogP contribution in [-0.4, -0.2) is 17.0 Å². The first-order chi connectivity index (χ1) is 12.0. The molecule has 2 aliphatic carbocycles. The number of anilines is 1. The lowest BCUT2D eigenvalue weighted by Gasteiger charge is -2.37. The number of aryl methyl sites for hydroxylation is 1. The van der Waals surface area contributed by atoms with Crippen LogP contribution in [0, 0.1) is 22.7 Å². The van der Waals surface area contributed by atoms with Gasteiger partial charge in [-0.3, -0.25) is 9.59 Å². The Kier molecular flexibility index (Phi) is 5.14. The van der Waals surface area contributed by atoms with Gasteiger partial charge in [-0.15, -0.1) is 11.3 Å². The quantitative estimate of drug-likeness (QED) is 0.827. The number of hydrogen-bond donors (Lipinski definition) is 2. The molecular formula is C19H24N2O3S. The minimum atomic E-state index is -0.947. The van der Waals surface area contributed by atoms with E-state index in [4.69, 9.17) is 0 Å².